The molecule has 5 rings (SSSR count). The summed E-state index contributed by atoms with van der Waals surface area (Å²) in [6.45, 7) is 4.16. The van der Waals surface area contributed by atoms with Gasteiger partial charge in [-0.1, -0.05) is 56.3 Å². The van der Waals surface area contributed by atoms with Crippen molar-refractivity contribution >= 4 is 22.9 Å². The number of anilines is 2. The van der Waals surface area contributed by atoms with Crippen LogP contribution in [0.5, 0.6) is 0 Å². The van der Waals surface area contributed by atoms with Crippen LogP contribution in [-0.2, 0) is 4.79 Å². The molecule has 3 aromatic rings. The zero-order valence-electron chi connectivity index (χ0n) is 18.6. The molecule has 4 nitrogen and oxygen atoms in total. The van der Waals surface area contributed by atoms with Crippen molar-refractivity contribution in [3.8, 4) is 0 Å². The van der Waals surface area contributed by atoms with Gasteiger partial charge < -0.3 is 10.6 Å². The van der Waals surface area contributed by atoms with Gasteiger partial charge in [0.25, 0.3) is 0 Å². The number of allylic oxidation sites excluding steroid dienone is 1. The SMILES string of the molecule is CC1(C)CC(=O)C2=C(C1)Nc1cc(C(=O)c3ccccc3)ccc1NC2c1ccc(F)cc1. The van der Waals surface area contributed by atoms with Crippen LogP contribution in [0.1, 0.15) is 54.2 Å². The van der Waals surface area contributed by atoms with Gasteiger partial charge in [0.1, 0.15) is 5.82 Å². The molecule has 1 unspecified atom stereocenters. The Labute approximate surface area is 192 Å². The average molecular weight is 441 g/mol. The van der Waals surface area contributed by atoms with Gasteiger partial charge in [0.15, 0.2) is 11.6 Å². The highest BCUT2D eigenvalue weighted by molar-refractivity contribution is 6.10. The van der Waals surface area contributed by atoms with E-state index in [-0.39, 0.29) is 22.8 Å². The molecular formula is C28H25FN2O2. The van der Waals surface area contributed by atoms with Gasteiger partial charge in [-0.3, -0.25) is 9.59 Å². The summed E-state index contributed by atoms with van der Waals surface area (Å²) in [4.78, 5) is 26.3. The highest BCUT2D eigenvalue weighted by Gasteiger charge is 2.38. The van der Waals surface area contributed by atoms with Crippen molar-refractivity contribution in [3.63, 3.8) is 0 Å². The predicted octanol–water partition coefficient (Wildman–Crippen LogP) is 6.28. The summed E-state index contributed by atoms with van der Waals surface area (Å²) in [6.07, 6.45) is 1.14. The number of fused-ring (bicyclic) bond motifs is 1. The van der Waals surface area contributed by atoms with E-state index in [2.05, 4.69) is 24.5 Å². The number of hydrogen-bond donors (Lipinski definition) is 2. The van der Waals surface area contributed by atoms with Gasteiger partial charge in [-0.25, -0.2) is 4.39 Å². The minimum absolute atomic E-state index is 0.0613. The minimum Gasteiger partial charge on any atom is -0.372 e. The quantitative estimate of drug-likeness (QED) is 0.471. The number of halogens is 1. The summed E-state index contributed by atoms with van der Waals surface area (Å²) in [5.41, 5.74) is 4.88. The number of hydrogen-bond acceptors (Lipinski definition) is 4. The Morgan fingerprint density at radius 2 is 1.64 bits per heavy atom. The molecule has 0 fully saturated rings. The Bertz CT molecular complexity index is 1280. The summed E-state index contributed by atoms with van der Waals surface area (Å²) in [6, 6.07) is 20.5. The topological polar surface area (TPSA) is 58.2 Å². The van der Waals surface area contributed by atoms with Gasteiger partial charge in [-0.15, -0.1) is 0 Å². The molecule has 0 radical (unpaired) electrons. The molecule has 1 heterocycles. The molecular weight excluding hydrogens is 415 g/mol. The van der Waals surface area contributed by atoms with E-state index in [4.69, 9.17) is 0 Å². The number of ketones is 2. The predicted molar refractivity (Wildman–Crippen MR) is 128 cm³/mol. The van der Waals surface area contributed by atoms with E-state index < -0.39 is 6.04 Å². The molecule has 0 spiro atoms. The van der Waals surface area contributed by atoms with Gasteiger partial charge >= 0.3 is 0 Å². The van der Waals surface area contributed by atoms with E-state index >= 15 is 0 Å². The monoisotopic (exact) mass is 440 g/mol. The lowest BCUT2D eigenvalue weighted by atomic mass is 9.73. The lowest BCUT2D eigenvalue weighted by Gasteiger charge is -2.34. The molecule has 2 aliphatic rings. The first-order valence-corrected chi connectivity index (χ1v) is 11.1. The fourth-order valence-corrected chi connectivity index (χ4v) is 4.75. The van der Waals surface area contributed by atoms with Crippen molar-refractivity contribution < 1.29 is 14.0 Å². The minimum atomic E-state index is -0.409. The van der Waals surface area contributed by atoms with E-state index in [9.17, 15) is 14.0 Å². The van der Waals surface area contributed by atoms with Gasteiger partial charge in [0.2, 0.25) is 0 Å². The zero-order valence-corrected chi connectivity index (χ0v) is 18.6. The van der Waals surface area contributed by atoms with Crippen LogP contribution in [0, 0.1) is 11.2 Å². The molecule has 2 N–H and O–H groups in total. The molecule has 0 amide bonds. The maximum absolute atomic E-state index is 13.6. The normalized spacial score (nSPS) is 19.0. The van der Waals surface area contributed by atoms with E-state index in [1.54, 1.807) is 30.3 Å². The number of nitrogens with one attached hydrogen (secondary N) is 2. The Morgan fingerprint density at radius 3 is 2.36 bits per heavy atom. The summed E-state index contributed by atoms with van der Waals surface area (Å²) in [5, 5.41) is 6.96. The van der Waals surface area contributed by atoms with Gasteiger partial charge in [-0.2, -0.15) is 0 Å². The number of Topliss-reactive ketones (excluding diaryl/α,β-unsaturated/α-hetero) is 1. The summed E-state index contributed by atoms with van der Waals surface area (Å²) in [7, 11) is 0. The van der Waals surface area contributed by atoms with Crippen LogP contribution in [0.3, 0.4) is 0 Å². The van der Waals surface area contributed by atoms with Crippen molar-refractivity contribution in [1.29, 1.82) is 0 Å². The lowest BCUT2D eigenvalue weighted by molar-refractivity contribution is -0.118. The number of rotatable bonds is 3. The highest BCUT2D eigenvalue weighted by Crippen LogP contribution is 2.45. The molecule has 3 aromatic carbocycles. The van der Waals surface area contributed by atoms with Crippen molar-refractivity contribution in [3.05, 3.63) is 107 Å². The van der Waals surface area contributed by atoms with Gasteiger partial charge in [0.05, 0.1) is 17.4 Å². The lowest BCUT2D eigenvalue weighted by Crippen LogP contribution is -2.31. The second-order valence-corrected chi connectivity index (χ2v) is 9.54. The Balaban J connectivity index is 1.60. The van der Waals surface area contributed by atoms with Gasteiger partial charge in [-0.05, 0) is 47.7 Å². The highest BCUT2D eigenvalue weighted by atomic mass is 19.1. The van der Waals surface area contributed by atoms with Crippen molar-refractivity contribution in [2.75, 3.05) is 10.6 Å². The Morgan fingerprint density at radius 1 is 0.909 bits per heavy atom. The molecule has 0 bridgehead atoms. The van der Waals surface area contributed by atoms with E-state index in [1.165, 1.54) is 12.1 Å². The maximum Gasteiger partial charge on any atom is 0.193 e. The summed E-state index contributed by atoms with van der Waals surface area (Å²) >= 11 is 0. The van der Waals surface area contributed by atoms with Crippen molar-refractivity contribution in [1.82, 2.24) is 0 Å². The van der Waals surface area contributed by atoms with Crippen LogP contribution in [-0.4, -0.2) is 11.6 Å². The third-order valence-corrected chi connectivity index (χ3v) is 6.32. The summed E-state index contributed by atoms with van der Waals surface area (Å²) in [5.74, 6) is -0.307. The second kappa shape index (κ2) is 8.00. The molecule has 1 atom stereocenters. The fraction of sp³-hybridized carbons (Fsp3) is 0.214. The molecule has 166 valence electrons. The summed E-state index contributed by atoms with van der Waals surface area (Å²) < 4.78 is 13.6. The van der Waals surface area contributed by atoms with Crippen molar-refractivity contribution in [2.24, 2.45) is 5.41 Å². The molecule has 1 aliphatic heterocycles. The molecule has 0 saturated heterocycles. The van der Waals surface area contributed by atoms with E-state index in [0.29, 0.717) is 29.5 Å². The van der Waals surface area contributed by atoms with Crippen LogP contribution >= 0.6 is 0 Å². The first kappa shape index (κ1) is 21.1. The molecule has 0 aromatic heterocycles. The fourth-order valence-electron chi connectivity index (χ4n) is 4.75. The number of carbonyl (C=O) groups excluding carboxylic acids is 2. The van der Waals surface area contributed by atoms with E-state index in [1.807, 2.05) is 30.3 Å². The zero-order chi connectivity index (χ0) is 23.2. The second-order valence-electron chi connectivity index (χ2n) is 9.54. The molecule has 5 heteroatoms. The van der Waals surface area contributed by atoms with Crippen LogP contribution in [0.25, 0.3) is 0 Å². The Hall–Kier alpha value is -3.73. The average Bonchev–Trinajstić information content (AvgIpc) is 2.95. The van der Waals surface area contributed by atoms with Crippen molar-refractivity contribution in [2.45, 2.75) is 32.7 Å². The van der Waals surface area contributed by atoms with Crippen LogP contribution in [0.2, 0.25) is 0 Å². The molecule has 33 heavy (non-hydrogen) atoms. The maximum atomic E-state index is 13.6. The van der Waals surface area contributed by atoms with Crippen LogP contribution in [0.15, 0.2) is 84.1 Å². The van der Waals surface area contributed by atoms with Gasteiger partial charge in [0, 0.05) is 28.8 Å². The number of carbonyl (C=O) groups is 2. The molecule has 0 saturated carbocycles. The smallest absolute Gasteiger partial charge is 0.193 e. The largest absolute Gasteiger partial charge is 0.372 e. The molecule has 1 aliphatic carbocycles. The third kappa shape index (κ3) is 4.07. The first-order valence-electron chi connectivity index (χ1n) is 11.1. The Kier molecular flexibility index (Phi) is 5.12. The van der Waals surface area contributed by atoms with E-state index in [0.717, 1.165) is 22.6 Å². The standard InChI is InChI=1S/C28H25FN2O2/c1-28(2)15-23-25(24(32)16-28)26(17-8-11-20(29)12-9-17)31-21-13-10-19(14-22(21)30-23)27(33)18-6-4-3-5-7-18/h3-14,26,30-31H,15-16H2,1-2H3. The number of benzene rings is 3. The van der Waals surface area contributed by atoms with Crippen LogP contribution in [0.4, 0.5) is 15.8 Å². The first-order chi connectivity index (χ1) is 15.8. The van der Waals surface area contributed by atoms with Crippen LogP contribution < -0.4 is 10.6 Å². The third-order valence-electron chi connectivity index (χ3n) is 6.32.